The highest BCUT2D eigenvalue weighted by Crippen LogP contribution is 2.30. The van der Waals surface area contributed by atoms with Crippen LogP contribution in [0.25, 0.3) is 11.1 Å². The van der Waals surface area contributed by atoms with E-state index in [0.29, 0.717) is 32.0 Å². The molecule has 0 radical (unpaired) electrons. The van der Waals surface area contributed by atoms with Gasteiger partial charge in [-0.2, -0.15) is 0 Å². The van der Waals surface area contributed by atoms with Crippen LogP contribution in [0.15, 0.2) is 73.1 Å². The molecule has 7 nitrogen and oxygen atoms in total. The number of hydrogen-bond acceptors (Lipinski definition) is 5. The van der Waals surface area contributed by atoms with Crippen molar-refractivity contribution < 1.29 is 9.59 Å². The van der Waals surface area contributed by atoms with E-state index in [2.05, 4.69) is 64.3 Å². The highest BCUT2D eigenvalue weighted by molar-refractivity contribution is 5.93. The van der Waals surface area contributed by atoms with Crippen LogP contribution in [0.4, 0.5) is 5.69 Å². The van der Waals surface area contributed by atoms with Crippen molar-refractivity contribution in [2.75, 3.05) is 51.2 Å². The standard InChI is InChI=1S/C34H43N5O2/c1-27(40)39-17-7-16-37(25-29-8-4-3-5-9-29)20-21-38(34(41)22-28-13-18-36(2)19-14-28)26-32-23-30(11-12-33(32)39)31-10-6-15-35-24-31/h3-6,8-12,15,23-24,28H,7,13-14,16-22,25-26H2,1-2H3. The summed E-state index contributed by atoms with van der Waals surface area (Å²) < 4.78 is 0. The van der Waals surface area contributed by atoms with E-state index in [1.165, 1.54) is 5.56 Å². The van der Waals surface area contributed by atoms with Crippen LogP contribution in [-0.2, 0) is 22.7 Å². The maximum absolute atomic E-state index is 13.9. The molecule has 0 spiro atoms. The maximum Gasteiger partial charge on any atom is 0.223 e. The molecule has 41 heavy (non-hydrogen) atoms. The number of carbonyl (C=O) groups excluding carboxylic acids is 2. The van der Waals surface area contributed by atoms with Gasteiger partial charge in [0.2, 0.25) is 11.8 Å². The van der Waals surface area contributed by atoms with Crippen molar-refractivity contribution in [2.45, 2.75) is 45.7 Å². The molecule has 2 aromatic carbocycles. The maximum atomic E-state index is 13.9. The monoisotopic (exact) mass is 553 g/mol. The van der Waals surface area contributed by atoms with Gasteiger partial charge in [0.05, 0.1) is 0 Å². The van der Waals surface area contributed by atoms with Gasteiger partial charge in [-0.15, -0.1) is 0 Å². The third-order valence-electron chi connectivity index (χ3n) is 8.55. The normalized spacial score (nSPS) is 18.0. The van der Waals surface area contributed by atoms with Crippen LogP contribution in [-0.4, -0.2) is 77.8 Å². The average Bonchev–Trinajstić information content (AvgIpc) is 3.02. The summed E-state index contributed by atoms with van der Waals surface area (Å²) in [6, 6.07) is 20.8. The lowest BCUT2D eigenvalue weighted by molar-refractivity contribution is -0.133. The third kappa shape index (κ3) is 7.80. The lowest BCUT2D eigenvalue weighted by atomic mass is 9.93. The summed E-state index contributed by atoms with van der Waals surface area (Å²) in [5, 5.41) is 0. The van der Waals surface area contributed by atoms with Crippen LogP contribution in [0.3, 0.4) is 0 Å². The van der Waals surface area contributed by atoms with Gasteiger partial charge in [-0.3, -0.25) is 19.5 Å². The number of pyridine rings is 1. The van der Waals surface area contributed by atoms with Gasteiger partial charge in [0.25, 0.3) is 0 Å². The fourth-order valence-electron chi connectivity index (χ4n) is 6.10. The Bertz CT molecular complexity index is 1290. The van der Waals surface area contributed by atoms with E-state index in [1.807, 2.05) is 34.2 Å². The number of aromatic nitrogens is 1. The summed E-state index contributed by atoms with van der Waals surface area (Å²) in [4.78, 5) is 39.9. The molecular weight excluding hydrogens is 510 g/mol. The minimum atomic E-state index is 0.0263. The molecule has 1 saturated heterocycles. The van der Waals surface area contributed by atoms with Gasteiger partial charge in [-0.1, -0.05) is 42.5 Å². The van der Waals surface area contributed by atoms with Crippen molar-refractivity contribution in [2.24, 2.45) is 5.92 Å². The van der Waals surface area contributed by atoms with Crippen LogP contribution in [0, 0.1) is 5.92 Å². The number of nitrogens with zero attached hydrogens (tertiary/aromatic N) is 5. The second kappa shape index (κ2) is 13.9. The number of rotatable bonds is 5. The molecule has 0 aliphatic carbocycles. The summed E-state index contributed by atoms with van der Waals surface area (Å²) in [5.74, 6) is 0.663. The van der Waals surface area contributed by atoms with Crippen molar-refractivity contribution in [1.29, 1.82) is 0 Å². The average molecular weight is 554 g/mol. The molecule has 2 amide bonds. The lowest BCUT2D eigenvalue weighted by Crippen LogP contribution is -2.40. The Morgan fingerprint density at radius 1 is 0.878 bits per heavy atom. The zero-order valence-corrected chi connectivity index (χ0v) is 24.5. The van der Waals surface area contributed by atoms with Gasteiger partial charge < -0.3 is 14.7 Å². The first kappa shape index (κ1) is 29.0. The van der Waals surface area contributed by atoms with E-state index >= 15 is 0 Å². The summed E-state index contributed by atoms with van der Waals surface area (Å²) >= 11 is 0. The number of hydrogen-bond donors (Lipinski definition) is 0. The Morgan fingerprint density at radius 3 is 2.41 bits per heavy atom. The van der Waals surface area contributed by atoms with Crippen LogP contribution in [0.5, 0.6) is 0 Å². The van der Waals surface area contributed by atoms with Gasteiger partial charge >= 0.3 is 0 Å². The minimum absolute atomic E-state index is 0.0263. The molecule has 0 N–H and O–H groups in total. The molecule has 3 heterocycles. The molecule has 0 atom stereocenters. The summed E-state index contributed by atoms with van der Waals surface area (Å²) in [6.07, 6.45) is 7.21. The molecule has 1 fully saturated rings. The van der Waals surface area contributed by atoms with Gasteiger partial charge in [0, 0.05) is 70.7 Å². The first-order chi connectivity index (χ1) is 20.0. The lowest BCUT2D eigenvalue weighted by Gasteiger charge is -2.32. The topological polar surface area (TPSA) is 60.0 Å². The summed E-state index contributed by atoms with van der Waals surface area (Å²) in [6.45, 7) is 8.02. The van der Waals surface area contributed by atoms with Gasteiger partial charge in [-0.25, -0.2) is 0 Å². The fraction of sp³-hybridized carbons (Fsp3) is 0.441. The zero-order valence-electron chi connectivity index (χ0n) is 24.5. The Kier molecular flexibility index (Phi) is 9.80. The van der Waals surface area contributed by atoms with Gasteiger partial charge in [-0.05, 0) is 85.8 Å². The SMILES string of the molecule is CC(=O)N1CCCN(Cc2ccccc2)CCN(C(=O)CC2CCN(C)CC2)Cc2cc(-c3cccnc3)ccc21. The Labute approximate surface area is 244 Å². The van der Waals surface area contributed by atoms with E-state index in [0.717, 1.165) is 74.4 Å². The van der Waals surface area contributed by atoms with E-state index in [4.69, 9.17) is 0 Å². The molecule has 0 saturated carbocycles. The molecular formula is C34H43N5O2. The van der Waals surface area contributed by atoms with E-state index in [9.17, 15) is 9.59 Å². The molecule has 2 aliphatic rings. The molecule has 216 valence electrons. The smallest absolute Gasteiger partial charge is 0.223 e. The molecule has 0 unspecified atom stereocenters. The van der Waals surface area contributed by atoms with Crippen molar-refractivity contribution in [3.63, 3.8) is 0 Å². The van der Waals surface area contributed by atoms with Crippen molar-refractivity contribution in [1.82, 2.24) is 19.7 Å². The number of fused-ring (bicyclic) bond motifs is 1. The van der Waals surface area contributed by atoms with Crippen LogP contribution < -0.4 is 4.90 Å². The number of piperidine rings is 1. The van der Waals surface area contributed by atoms with E-state index in [-0.39, 0.29) is 11.8 Å². The largest absolute Gasteiger partial charge is 0.337 e. The number of likely N-dealkylation sites (tertiary alicyclic amines) is 1. The number of amides is 2. The highest BCUT2D eigenvalue weighted by Gasteiger charge is 2.26. The van der Waals surface area contributed by atoms with Crippen LogP contribution >= 0.6 is 0 Å². The number of carbonyl (C=O) groups is 2. The van der Waals surface area contributed by atoms with Crippen molar-refractivity contribution in [3.8, 4) is 11.1 Å². The molecule has 5 rings (SSSR count). The minimum Gasteiger partial charge on any atom is -0.337 e. The first-order valence-corrected chi connectivity index (χ1v) is 15.0. The predicted octanol–water partition coefficient (Wildman–Crippen LogP) is 5.07. The predicted molar refractivity (Wildman–Crippen MR) is 164 cm³/mol. The van der Waals surface area contributed by atoms with Crippen LogP contribution in [0.2, 0.25) is 0 Å². The Balaban J connectivity index is 1.46. The van der Waals surface area contributed by atoms with Gasteiger partial charge in [0.15, 0.2) is 0 Å². The summed E-state index contributed by atoms with van der Waals surface area (Å²) in [5.41, 5.74) is 5.24. The molecule has 7 heteroatoms. The highest BCUT2D eigenvalue weighted by atomic mass is 16.2. The molecule has 1 aromatic heterocycles. The molecule has 2 aliphatic heterocycles. The fourth-order valence-corrected chi connectivity index (χ4v) is 6.10. The third-order valence-corrected chi connectivity index (χ3v) is 8.55. The van der Waals surface area contributed by atoms with Crippen LogP contribution in [0.1, 0.15) is 43.7 Å². The first-order valence-electron chi connectivity index (χ1n) is 15.0. The Morgan fingerprint density at radius 2 is 1.68 bits per heavy atom. The van der Waals surface area contributed by atoms with E-state index in [1.54, 1.807) is 13.1 Å². The van der Waals surface area contributed by atoms with Crippen molar-refractivity contribution >= 4 is 17.5 Å². The Hall–Kier alpha value is -3.55. The zero-order chi connectivity index (χ0) is 28.6. The number of benzene rings is 2. The number of anilines is 1. The second-order valence-electron chi connectivity index (χ2n) is 11.6. The second-order valence-corrected chi connectivity index (χ2v) is 11.6. The quantitative estimate of drug-likeness (QED) is 0.442. The summed E-state index contributed by atoms with van der Waals surface area (Å²) in [7, 11) is 2.16. The molecule has 0 bridgehead atoms. The molecule has 3 aromatic rings. The van der Waals surface area contributed by atoms with Crippen molar-refractivity contribution in [3.05, 3.63) is 84.2 Å². The van der Waals surface area contributed by atoms with Gasteiger partial charge in [0.1, 0.15) is 0 Å². The van der Waals surface area contributed by atoms with E-state index < -0.39 is 0 Å².